The lowest BCUT2D eigenvalue weighted by molar-refractivity contribution is 0.301. The van der Waals surface area contributed by atoms with E-state index in [-0.39, 0.29) is 0 Å². The van der Waals surface area contributed by atoms with E-state index in [0.29, 0.717) is 6.04 Å². The molecule has 0 aromatic carbocycles. The van der Waals surface area contributed by atoms with Crippen LogP contribution >= 0.6 is 0 Å². The predicted molar refractivity (Wildman–Crippen MR) is 75.5 cm³/mol. The van der Waals surface area contributed by atoms with E-state index >= 15 is 0 Å². The molecule has 0 amide bonds. The van der Waals surface area contributed by atoms with Crippen LogP contribution in [0.25, 0.3) is 0 Å². The summed E-state index contributed by atoms with van der Waals surface area (Å²) in [6, 6.07) is 0.629. The van der Waals surface area contributed by atoms with Crippen LogP contribution in [0.3, 0.4) is 0 Å². The fraction of sp³-hybridized carbons (Fsp3) is 1.00. The maximum atomic E-state index is 3.56. The van der Waals surface area contributed by atoms with Crippen LogP contribution in [0, 0.1) is 5.92 Å². The molecule has 0 spiro atoms. The number of unbranched alkanes of at least 4 members (excludes halogenated alkanes) is 1. The molecule has 1 saturated heterocycles. The van der Waals surface area contributed by atoms with Crippen molar-refractivity contribution in [1.82, 2.24) is 15.1 Å². The van der Waals surface area contributed by atoms with Gasteiger partial charge < -0.3 is 15.1 Å². The monoisotopic (exact) mass is 241 g/mol. The number of hydrogen-bond donors (Lipinski definition) is 1. The molecule has 1 atom stereocenters. The molecule has 0 aliphatic carbocycles. The lowest BCUT2D eigenvalue weighted by atomic mass is 10.1. The maximum Gasteiger partial charge on any atom is 0.00223 e. The number of likely N-dealkylation sites (tertiary alicyclic amines) is 1. The molecule has 1 unspecified atom stereocenters. The predicted octanol–water partition coefficient (Wildman–Crippen LogP) is 1.65. The van der Waals surface area contributed by atoms with Crippen molar-refractivity contribution in [2.75, 3.05) is 46.8 Å². The average Bonchev–Trinajstić information content (AvgIpc) is 2.69. The van der Waals surface area contributed by atoms with Crippen molar-refractivity contribution in [3.05, 3.63) is 0 Å². The summed E-state index contributed by atoms with van der Waals surface area (Å²) in [7, 11) is 4.31. The Morgan fingerprint density at radius 2 is 2.06 bits per heavy atom. The zero-order valence-electron chi connectivity index (χ0n) is 12.2. The van der Waals surface area contributed by atoms with Crippen molar-refractivity contribution in [2.45, 2.75) is 39.2 Å². The van der Waals surface area contributed by atoms with E-state index in [1.165, 1.54) is 52.0 Å². The third kappa shape index (κ3) is 7.02. The van der Waals surface area contributed by atoms with Gasteiger partial charge in [-0.3, -0.25) is 0 Å². The molecule has 1 aliphatic heterocycles. The minimum atomic E-state index is 0.629. The number of nitrogens with one attached hydrogen (secondary N) is 1. The van der Waals surface area contributed by atoms with Crippen LogP contribution in [0.4, 0.5) is 0 Å². The molecule has 17 heavy (non-hydrogen) atoms. The fourth-order valence-corrected chi connectivity index (χ4v) is 2.45. The second kappa shape index (κ2) is 8.06. The number of rotatable bonds is 8. The standard InChI is InChI=1S/C14H31N3/c1-13(2)15-11-14-7-10-17(12-14)9-6-5-8-16(3)4/h13-15H,5-12H2,1-4H3. The topological polar surface area (TPSA) is 18.5 Å². The Kier molecular flexibility index (Phi) is 7.09. The summed E-state index contributed by atoms with van der Waals surface area (Å²) in [5, 5.41) is 3.56. The lowest BCUT2D eigenvalue weighted by Crippen LogP contribution is -2.31. The molecule has 1 N–H and O–H groups in total. The van der Waals surface area contributed by atoms with Crippen molar-refractivity contribution in [1.29, 1.82) is 0 Å². The Morgan fingerprint density at radius 1 is 1.29 bits per heavy atom. The van der Waals surface area contributed by atoms with Gasteiger partial charge in [-0.15, -0.1) is 0 Å². The van der Waals surface area contributed by atoms with Crippen LogP contribution in [-0.2, 0) is 0 Å². The van der Waals surface area contributed by atoms with Crippen LogP contribution in [0.15, 0.2) is 0 Å². The Bertz CT molecular complexity index is 192. The Morgan fingerprint density at radius 3 is 2.71 bits per heavy atom. The molecule has 1 rings (SSSR count). The van der Waals surface area contributed by atoms with E-state index in [0.717, 1.165) is 5.92 Å². The van der Waals surface area contributed by atoms with Gasteiger partial charge in [0, 0.05) is 12.6 Å². The average molecular weight is 241 g/mol. The molecule has 0 aromatic rings. The van der Waals surface area contributed by atoms with E-state index in [4.69, 9.17) is 0 Å². The quantitative estimate of drug-likeness (QED) is 0.652. The van der Waals surface area contributed by atoms with Gasteiger partial charge in [-0.25, -0.2) is 0 Å². The first-order valence-electron chi connectivity index (χ1n) is 7.18. The van der Waals surface area contributed by atoms with Crippen LogP contribution in [0.1, 0.15) is 33.1 Å². The van der Waals surface area contributed by atoms with Gasteiger partial charge in [0.15, 0.2) is 0 Å². The minimum absolute atomic E-state index is 0.629. The normalized spacial score (nSPS) is 21.9. The zero-order valence-corrected chi connectivity index (χ0v) is 12.2. The molecule has 1 fully saturated rings. The van der Waals surface area contributed by atoms with Crippen molar-refractivity contribution in [3.63, 3.8) is 0 Å². The van der Waals surface area contributed by atoms with Crippen molar-refractivity contribution in [2.24, 2.45) is 5.92 Å². The molecule has 0 bridgehead atoms. The van der Waals surface area contributed by atoms with Crippen molar-refractivity contribution < 1.29 is 0 Å². The SMILES string of the molecule is CC(C)NCC1CCN(CCCCN(C)C)C1. The molecular formula is C14H31N3. The summed E-state index contributed by atoms with van der Waals surface area (Å²) in [6.07, 6.45) is 4.06. The molecule has 1 aliphatic rings. The second-order valence-electron chi connectivity index (χ2n) is 6.03. The van der Waals surface area contributed by atoms with E-state index in [1.807, 2.05) is 0 Å². The second-order valence-corrected chi connectivity index (χ2v) is 6.03. The summed E-state index contributed by atoms with van der Waals surface area (Å²) in [5.41, 5.74) is 0. The maximum absolute atomic E-state index is 3.56. The highest BCUT2D eigenvalue weighted by Gasteiger charge is 2.21. The van der Waals surface area contributed by atoms with Crippen LogP contribution in [0.5, 0.6) is 0 Å². The van der Waals surface area contributed by atoms with Gasteiger partial charge in [0.2, 0.25) is 0 Å². The molecular weight excluding hydrogens is 210 g/mol. The third-order valence-corrected chi connectivity index (χ3v) is 3.51. The van der Waals surface area contributed by atoms with Crippen molar-refractivity contribution >= 4 is 0 Å². The van der Waals surface area contributed by atoms with Crippen LogP contribution in [-0.4, -0.2) is 62.7 Å². The lowest BCUT2D eigenvalue weighted by Gasteiger charge is -2.17. The summed E-state index contributed by atoms with van der Waals surface area (Å²) < 4.78 is 0. The summed E-state index contributed by atoms with van der Waals surface area (Å²) in [4.78, 5) is 4.92. The third-order valence-electron chi connectivity index (χ3n) is 3.51. The van der Waals surface area contributed by atoms with E-state index in [9.17, 15) is 0 Å². The highest BCUT2D eigenvalue weighted by molar-refractivity contribution is 4.77. The molecule has 0 saturated carbocycles. The van der Waals surface area contributed by atoms with Gasteiger partial charge in [-0.1, -0.05) is 13.8 Å². The highest BCUT2D eigenvalue weighted by atomic mass is 15.1. The van der Waals surface area contributed by atoms with Crippen LogP contribution in [0.2, 0.25) is 0 Å². The minimum Gasteiger partial charge on any atom is -0.314 e. The van der Waals surface area contributed by atoms with Crippen molar-refractivity contribution in [3.8, 4) is 0 Å². The fourth-order valence-electron chi connectivity index (χ4n) is 2.45. The highest BCUT2D eigenvalue weighted by Crippen LogP contribution is 2.15. The molecule has 0 aromatic heterocycles. The molecule has 3 nitrogen and oxygen atoms in total. The molecule has 1 heterocycles. The number of hydrogen-bond acceptors (Lipinski definition) is 3. The molecule has 0 radical (unpaired) electrons. The molecule has 3 heteroatoms. The zero-order chi connectivity index (χ0) is 12.7. The van der Waals surface area contributed by atoms with Gasteiger partial charge in [0.05, 0.1) is 0 Å². The van der Waals surface area contributed by atoms with E-state index < -0.39 is 0 Å². The van der Waals surface area contributed by atoms with Gasteiger partial charge in [0.25, 0.3) is 0 Å². The Balaban J connectivity index is 2.01. The first kappa shape index (κ1) is 14.9. The van der Waals surface area contributed by atoms with Gasteiger partial charge >= 0.3 is 0 Å². The van der Waals surface area contributed by atoms with Gasteiger partial charge in [-0.2, -0.15) is 0 Å². The van der Waals surface area contributed by atoms with E-state index in [1.54, 1.807) is 0 Å². The Labute approximate surface area is 108 Å². The summed E-state index contributed by atoms with van der Waals surface area (Å²) in [6.45, 7) is 10.8. The summed E-state index contributed by atoms with van der Waals surface area (Å²) >= 11 is 0. The van der Waals surface area contributed by atoms with Gasteiger partial charge in [-0.05, 0) is 65.5 Å². The number of nitrogens with zero attached hydrogens (tertiary/aromatic N) is 2. The van der Waals surface area contributed by atoms with Crippen LogP contribution < -0.4 is 5.32 Å². The molecule has 102 valence electrons. The van der Waals surface area contributed by atoms with E-state index in [2.05, 4.69) is 43.1 Å². The largest absolute Gasteiger partial charge is 0.314 e. The first-order valence-corrected chi connectivity index (χ1v) is 7.18. The Hall–Kier alpha value is -0.120. The first-order chi connectivity index (χ1) is 8.08. The van der Waals surface area contributed by atoms with Gasteiger partial charge in [0.1, 0.15) is 0 Å². The summed E-state index contributed by atoms with van der Waals surface area (Å²) in [5.74, 6) is 0.881. The smallest absolute Gasteiger partial charge is 0.00223 e.